The third kappa shape index (κ3) is 2.69. The van der Waals surface area contributed by atoms with Crippen LogP contribution in [-0.2, 0) is 10.7 Å². The van der Waals surface area contributed by atoms with E-state index in [-0.39, 0.29) is 0 Å². The first-order chi connectivity index (χ1) is 5.69. The SMILES string of the molecule is BrCc1cc(I)c(CBr)cc1Br. The number of hydrogen-bond donors (Lipinski definition) is 0. The van der Waals surface area contributed by atoms with E-state index in [1.807, 2.05) is 0 Å². The Labute approximate surface area is 111 Å². The van der Waals surface area contributed by atoms with Crippen molar-refractivity contribution >= 4 is 70.4 Å². The fourth-order valence-corrected chi connectivity index (χ4v) is 3.92. The summed E-state index contributed by atoms with van der Waals surface area (Å²) in [5, 5.41) is 1.80. The van der Waals surface area contributed by atoms with E-state index in [4.69, 9.17) is 0 Å². The summed E-state index contributed by atoms with van der Waals surface area (Å²) in [6.07, 6.45) is 0. The van der Waals surface area contributed by atoms with Crippen molar-refractivity contribution in [1.82, 2.24) is 0 Å². The molecule has 66 valence electrons. The van der Waals surface area contributed by atoms with Crippen LogP contribution in [0.4, 0.5) is 0 Å². The van der Waals surface area contributed by atoms with Gasteiger partial charge in [0.05, 0.1) is 0 Å². The van der Waals surface area contributed by atoms with Gasteiger partial charge in [-0.1, -0.05) is 47.8 Å². The molecule has 0 aliphatic rings. The van der Waals surface area contributed by atoms with Crippen molar-refractivity contribution in [2.24, 2.45) is 0 Å². The summed E-state index contributed by atoms with van der Waals surface area (Å²) in [6, 6.07) is 4.35. The highest BCUT2D eigenvalue weighted by Gasteiger charge is 2.04. The summed E-state index contributed by atoms with van der Waals surface area (Å²) >= 11 is 12.8. The molecule has 12 heavy (non-hydrogen) atoms. The maximum Gasteiger partial charge on any atom is 0.0294 e. The van der Waals surface area contributed by atoms with E-state index in [1.165, 1.54) is 19.2 Å². The van der Waals surface area contributed by atoms with Crippen LogP contribution in [0.25, 0.3) is 0 Å². The standard InChI is InChI=1S/C8H6Br3I/c9-3-5-2-8(12)6(4-10)1-7(5)11/h1-2H,3-4H2. The minimum atomic E-state index is 0.895. The van der Waals surface area contributed by atoms with Crippen molar-refractivity contribution < 1.29 is 0 Å². The second-order valence-electron chi connectivity index (χ2n) is 2.30. The monoisotopic (exact) mass is 466 g/mol. The minimum Gasteiger partial charge on any atom is -0.0876 e. The van der Waals surface area contributed by atoms with Crippen molar-refractivity contribution in [3.05, 3.63) is 31.3 Å². The first kappa shape index (κ1) is 11.5. The molecule has 0 atom stereocenters. The average Bonchev–Trinajstić information content (AvgIpc) is 2.08. The van der Waals surface area contributed by atoms with Gasteiger partial charge in [-0.05, 0) is 45.9 Å². The third-order valence-electron chi connectivity index (χ3n) is 1.50. The van der Waals surface area contributed by atoms with Crippen LogP contribution in [0.15, 0.2) is 16.6 Å². The number of alkyl halides is 2. The van der Waals surface area contributed by atoms with Gasteiger partial charge in [-0.3, -0.25) is 0 Å². The largest absolute Gasteiger partial charge is 0.0876 e. The first-order valence-corrected chi connectivity index (χ1v) is 7.39. The summed E-state index contributed by atoms with van der Waals surface area (Å²) in [7, 11) is 0. The molecule has 0 saturated carbocycles. The van der Waals surface area contributed by atoms with Crippen molar-refractivity contribution in [3.8, 4) is 0 Å². The molecule has 0 N–H and O–H groups in total. The highest BCUT2D eigenvalue weighted by Crippen LogP contribution is 2.26. The molecule has 0 saturated heterocycles. The fourth-order valence-electron chi connectivity index (χ4n) is 0.834. The van der Waals surface area contributed by atoms with Crippen LogP contribution in [0, 0.1) is 3.57 Å². The number of benzene rings is 1. The molecule has 4 heteroatoms. The summed E-state index contributed by atoms with van der Waals surface area (Å²) in [6.45, 7) is 0. The molecule has 0 heterocycles. The van der Waals surface area contributed by atoms with Crippen molar-refractivity contribution in [3.63, 3.8) is 0 Å². The molecule has 1 rings (SSSR count). The van der Waals surface area contributed by atoms with E-state index in [1.54, 1.807) is 0 Å². The lowest BCUT2D eigenvalue weighted by Gasteiger charge is -2.05. The van der Waals surface area contributed by atoms with E-state index < -0.39 is 0 Å². The van der Waals surface area contributed by atoms with E-state index in [9.17, 15) is 0 Å². The van der Waals surface area contributed by atoms with Crippen LogP contribution in [0.2, 0.25) is 0 Å². The quantitative estimate of drug-likeness (QED) is 0.430. The lowest BCUT2D eigenvalue weighted by atomic mass is 10.2. The Morgan fingerprint density at radius 2 is 1.67 bits per heavy atom. The van der Waals surface area contributed by atoms with E-state index >= 15 is 0 Å². The Morgan fingerprint density at radius 3 is 2.17 bits per heavy atom. The Hall–Kier alpha value is 1.39. The molecule has 0 aliphatic carbocycles. The molecule has 0 spiro atoms. The lowest BCUT2D eigenvalue weighted by Crippen LogP contribution is -1.88. The number of hydrogen-bond acceptors (Lipinski definition) is 0. The highest BCUT2D eigenvalue weighted by molar-refractivity contribution is 14.1. The van der Waals surface area contributed by atoms with Crippen LogP contribution in [0.5, 0.6) is 0 Å². The second kappa shape index (κ2) is 5.32. The van der Waals surface area contributed by atoms with Crippen molar-refractivity contribution in [2.45, 2.75) is 10.7 Å². The average molecular weight is 469 g/mol. The van der Waals surface area contributed by atoms with Crippen LogP contribution in [0.3, 0.4) is 0 Å². The normalized spacial score (nSPS) is 10.3. The molecule has 0 fully saturated rings. The van der Waals surface area contributed by atoms with E-state index in [0.717, 1.165) is 10.7 Å². The Kier molecular flexibility index (Phi) is 5.08. The van der Waals surface area contributed by atoms with Gasteiger partial charge in [0.1, 0.15) is 0 Å². The molecule has 0 amide bonds. The van der Waals surface area contributed by atoms with Crippen molar-refractivity contribution in [2.75, 3.05) is 0 Å². The van der Waals surface area contributed by atoms with Gasteiger partial charge in [-0.15, -0.1) is 0 Å². The lowest BCUT2D eigenvalue weighted by molar-refractivity contribution is 1.31. The van der Waals surface area contributed by atoms with E-state index in [2.05, 4.69) is 82.5 Å². The number of halogens is 4. The molecule has 0 nitrogen and oxygen atoms in total. The smallest absolute Gasteiger partial charge is 0.0294 e. The van der Waals surface area contributed by atoms with Gasteiger partial charge >= 0.3 is 0 Å². The van der Waals surface area contributed by atoms with Gasteiger partial charge in [0.2, 0.25) is 0 Å². The third-order valence-corrected chi connectivity index (χ3v) is 4.45. The molecule has 0 unspecified atom stereocenters. The van der Waals surface area contributed by atoms with Crippen LogP contribution in [0.1, 0.15) is 11.1 Å². The second-order valence-corrected chi connectivity index (χ2v) is 5.44. The van der Waals surface area contributed by atoms with Crippen LogP contribution in [-0.4, -0.2) is 0 Å². The zero-order valence-corrected chi connectivity index (χ0v) is 13.0. The molecule has 0 bridgehead atoms. The molecular weight excluding hydrogens is 463 g/mol. The van der Waals surface area contributed by atoms with Gasteiger partial charge in [0, 0.05) is 18.7 Å². The highest BCUT2D eigenvalue weighted by atomic mass is 127. The first-order valence-electron chi connectivity index (χ1n) is 3.27. The van der Waals surface area contributed by atoms with Crippen LogP contribution >= 0.6 is 70.4 Å². The van der Waals surface area contributed by atoms with Crippen molar-refractivity contribution in [1.29, 1.82) is 0 Å². The summed E-state index contributed by atoms with van der Waals surface area (Å²) in [4.78, 5) is 0. The predicted molar refractivity (Wildman–Crippen MR) is 72.1 cm³/mol. The molecule has 1 aromatic rings. The summed E-state index contributed by atoms with van der Waals surface area (Å²) < 4.78 is 2.48. The Morgan fingerprint density at radius 1 is 1.08 bits per heavy atom. The Balaban J connectivity index is 3.16. The zero-order chi connectivity index (χ0) is 9.14. The fraction of sp³-hybridized carbons (Fsp3) is 0.250. The maximum absolute atomic E-state index is 3.53. The number of rotatable bonds is 2. The summed E-state index contributed by atoms with van der Waals surface area (Å²) in [5.74, 6) is 0. The predicted octanol–water partition coefficient (Wildman–Crippen LogP) is 4.84. The molecule has 1 aromatic carbocycles. The van der Waals surface area contributed by atoms with Gasteiger partial charge in [-0.25, -0.2) is 0 Å². The summed E-state index contributed by atoms with van der Waals surface area (Å²) in [5.41, 5.74) is 2.62. The topological polar surface area (TPSA) is 0 Å². The minimum absolute atomic E-state index is 0.895. The maximum atomic E-state index is 3.53. The molecular formula is C8H6Br3I. The van der Waals surface area contributed by atoms with Gasteiger partial charge < -0.3 is 0 Å². The van der Waals surface area contributed by atoms with Gasteiger partial charge in [0.25, 0.3) is 0 Å². The molecule has 0 aromatic heterocycles. The molecule has 0 radical (unpaired) electrons. The Bertz CT molecular complexity index is 256. The van der Waals surface area contributed by atoms with E-state index in [0.29, 0.717) is 0 Å². The van der Waals surface area contributed by atoms with Gasteiger partial charge in [-0.2, -0.15) is 0 Å². The zero-order valence-electron chi connectivity index (χ0n) is 6.08. The molecule has 0 aliphatic heterocycles. The van der Waals surface area contributed by atoms with Crippen LogP contribution < -0.4 is 0 Å². The van der Waals surface area contributed by atoms with Gasteiger partial charge in [0.15, 0.2) is 0 Å².